The number of hydrogen-bond donors (Lipinski definition) is 1. The summed E-state index contributed by atoms with van der Waals surface area (Å²) in [5.74, 6) is 1.41. The Labute approximate surface area is 106 Å². The molecule has 2 heteroatoms. The van der Waals surface area contributed by atoms with Crippen LogP contribution in [0.4, 0.5) is 5.69 Å². The SMILES string of the molecule is CC(C)CN(Cc1cccc(N)c1)CC(C)C. The van der Waals surface area contributed by atoms with Gasteiger partial charge in [-0.1, -0.05) is 39.8 Å². The van der Waals surface area contributed by atoms with E-state index in [1.165, 1.54) is 5.56 Å². The number of hydrogen-bond acceptors (Lipinski definition) is 2. The lowest BCUT2D eigenvalue weighted by atomic mass is 10.1. The van der Waals surface area contributed by atoms with E-state index in [4.69, 9.17) is 5.73 Å². The second kappa shape index (κ2) is 6.65. The molecule has 0 fully saturated rings. The van der Waals surface area contributed by atoms with Crippen molar-refractivity contribution in [3.8, 4) is 0 Å². The Morgan fingerprint density at radius 2 is 1.65 bits per heavy atom. The monoisotopic (exact) mass is 234 g/mol. The fourth-order valence-corrected chi connectivity index (χ4v) is 2.19. The molecule has 0 aliphatic rings. The van der Waals surface area contributed by atoms with Crippen LogP contribution < -0.4 is 5.73 Å². The molecular formula is C15H26N2. The summed E-state index contributed by atoms with van der Waals surface area (Å²) in [6.07, 6.45) is 0. The molecular weight excluding hydrogens is 208 g/mol. The summed E-state index contributed by atoms with van der Waals surface area (Å²) in [7, 11) is 0. The maximum atomic E-state index is 5.82. The van der Waals surface area contributed by atoms with E-state index >= 15 is 0 Å². The molecule has 0 aliphatic carbocycles. The Hall–Kier alpha value is -1.02. The second-order valence-corrected chi connectivity index (χ2v) is 5.73. The topological polar surface area (TPSA) is 29.3 Å². The summed E-state index contributed by atoms with van der Waals surface area (Å²) >= 11 is 0. The van der Waals surface area contributed by atoms with Crippen LogP contribution in [-0.4, -0.2) is 18.0 Å². The highest BCUT2D eigenvalue weighted by Gasteiger charge is 2.10. The van der Waals surface area contributed by atoms with Gasteiger partial charge in [-0.3, -0.25) is 4.90 Å². The molecule has 0 aliphatic heterocycles. The lowest BCUT2D eigenvalue weighted by Crippen LogP contribution is -2.30. The molecule has 0 heterocycles. The second-order valence-electron chi connectivity index (χ2n) is 5.73. The maximum absolute atomic E-state index is 5.82. The number of nitrogens with zero attached hydrogens (tertiary/aromatic N) is 1. The van der Waals surface area contributed by atoms with Gasteiger partial charge in [-0.2, -0.15) is 0 Å². The first-order valence-corrected chi connectivity index (χ1v) is 6.54. The van der Waals surface area contributed by atoms with Crippen molar-refractivity contribution < 1.29 is 0 Å². The van der Waals surface area contributed by atoms with Crippen molar-refractivity contribution in [1.29, 1.82) is 0 Å². The highest BCUT2D eigenvalue weighted by atomic mass is 15.1. The van der Waals surface area contributed by atoms with Crippen molar-refractivity contribution in [1.82, 2.24) is 4.90 Å². The number of nitrogen functional groups attached to an aromatic ring is 1. The third-order valence-electron chi connectivity index (χ3n) is 2.60. The Bertz CT molecular complexity index is 321. The molecule has 0 radical (unpaired) electrons. The molecule has 2 nitrogen and oxygen atoms in total. The van der Waals surface area contributed by atoms with E-state index < -0.39 is 0 Å². The predicted octanol–water partition coefficient (Wildman–Crippen LogP) is 3.38. The summed E-state index contributed by atoms with van der Waals surface area (Å²) in [6.45, 7) is 12.4. The summed E-state index contributed by atoms with van der Waals surface area (Å²) in [5.41, 5.74) is 7.99. The normalized spacial score (nSPS) is 11.7. The molecule has 0 saturated carbocycles. The van der Waals surface area contributed by atoms with E-state index in [1.54, 1.807) is 0 Å². The zero-order valence-electron chi connectivity index (χ0n) is 11.6. The molecule has 0 amide bonds. The van der Waals surface area contributed by atoms with Gasteiger partial charge in [0.25, 0.3) is 0 Å². The quantitative estimate of drug-likeness (QED) is 0.765. The minimum atomic E-state index is 0.704. The zero-order chi connectivity index (χ0) is 12.8. The molecule has 0 saturated heterocycles. The fourth-order valence-electron chi connectivity index (χ4n) is 2.19. The van der Waals surface area contributed by atoms with Crippen molar-refractivity contribution >= 4 is 5.69 Å². The molecule has 17 heavy (non-hydrogen) atoms. The van der Waals surface area contributed by atoms with Crippen LogP contribution in [0.15, 0.2) is 24.3 Å². The Balaban J connectivity index is 2.64. The first-order valence-electron chi connectivity index (χ1n) is 6.54. The van der Waals surface area contributed by atoms with Crippen LogP contribution in [0.5, 0.6) is 0 Å². The van der Waals surface area contributed by atoms with Crippen LogP contribution in [0.2, 0.25) is 0 Å². The number of rotatable bonds is 6. The molecule has 1 rings (SSSR count). The van der Waals surface area contributed by atoms with Gasteiger partial charge in [0.2, 0.25) is 0 Å². The minimum absolute atomic E-state index is 0.704. The van der Waals surface area contributed by atoms with Crippen molar-refractivity contribution in [2.75, 3.05) is 18.8 Å². The van der Waals surface area contributed by atoms with Gasteiger partial charge < -0.3 is 5.73 Å². The summed E-state index contributed by atoms with van der Waals surface area (Å²) in [5, 5.41) is 0. The van der Waals surface area contributed by atoms with Gasteiger partial charge in [-0.15, -0.1) is 0 Å². The van der Waals surface area contributed by atoms with Gasteiger partial charge in [0.05, 0.1) is 0 Å². The lowest BCUT2D eigenvalue weighted by Gasteiger charge is -2.26. The molecule has 1 aromatic carbocycles. The Morgan fingerprint density at radius 1 is 1.06 bits per heavy atom. The number of anilines is 1. The molecule has 96 valence electrons. The van der Waals surface area contributed by atoms with Gasteiger partial charge in [-0.05, 0) is 29.5 Å². The Kier molecular flexibility index (Phi) is 5.49. The smallest absolute Gasteiger partial charge is 0.0317 e. The Morgan fingerprint density at radius 3 is 2.12 bits per heavy atom. The van der Waals surface area contributed by atoms with Crippen LogP contribution >= 0.6 is 0 Å². The number of benzene rings is 1. The van der Waals surface area contributed by atoms with Crippen molar-refractivity contribution in [3.63, 3.8) is 0 Å². The molecule has 0 atom stereocenters. The fraction of sp³-hybridized carbons (Fsp3) is 0.600. The van der Waals surface area contributed by atoms with Crippen molar-refractivity contribution in [3.05, 3.63) is 29.8 Å². The molecule has 2 N–H and O–H groups in total. The predicted molar refractivity (Wildman–Crippen MR) is 75.8 cm³/mol. The summed E-state index contributed by atoms with van der Waals surface area (Å²) in [6, 6.07) is 8.21. The van der Waals surface area contributed by atoms with E-state index in [-0.39, 0.29) is 0 Å². The molecule has 1 aromatic rings. The first-order chi connectivity index (χ1) is 7.97. The van der Waals surface area contributed by atoms with Crippen LogP contribution in [0.25, 0.3) is 0 Å². The standard InChI is InChI=1S/C15H26N2/c1-12(2)9-17(10-13(3)4)11-14-6-5-7-15(16)8-14/h5-8,12-13H,9-11,16H2,1-4H3. The highest BCUT2D eigenvalue weighted by molar-refractivity contribution is 5.40. The summed E-state index contributed by atoms with van der Waals surface area (Å²) in [4.78, 5) is 2.52. The largest absolute Gasteiger partial charge is 0.399 e. The highest BCUT2D eigenvalue weighted by Crippen LogP contribution is 2.12. The third-order valence-corrected chi connectivity index (χ3v) is 2.60. The molecule has 0 aromatic heterocycles. The van der Waals surface area contributed by atoms with Crippen molar-refractivity contribution in [2.45, 2.75) is 34.2 Å². The van der Waals surface area contributed by atoms with Gasteiger partial charge in [0.15, 0.2) is 0 Å². The van der Waals surface area contributed by atoms with Gasteiger partial charge in [-0.25, -0.2) is 0 Å². The maximum Gasteiger partial charge on any atom is 0.0317 e. The van der Waals surface area contributed by atoms with Crippen LogP contribution in [0.1, 0.15) is 33.3 Å². The third kappa shape index (κ3) is 5.73. The van der Waals surface area contributed by atoms with E-state index in [0.717, 1.165) is 25.3 Å². The first kappa shape index (κ1) is 14.0. The molecule has 0 unspecified atom stereocenters. The van der Waals surface area contributed by atoms with E-state index in [0.29, 0.717) is 11.8 Å². The van der Waals surface area contributed by atoms with Gasteiger partial charge >= 0.3 is 0 Å². The van der Waals surface area contributed by atoms with E-state index in [2.05, 4.69) is 44.7 Å². The number of nitrogens with two attached hydrogens (primary N) is 1. The minimum Gasteiger partial charge on any atom is -0.399 e. The average molecular weight is 234 g/mol. The summed E-state index contributed by atoms with van der Waals surface area (Å²) < 4.78 is 0. The van der Waals surface area contributed by atoms with Crippen LogP contribution in [0.3, 0.4) is 0 Å². The van der Waals surface area contributed by atoms with Crippen molar-refractivity contribution in [2.24, 2.45) is 11.8 Å². The van der Waals surface area contributed by atoms with Gasteiger partial charge in [0, 0.05) is 25.3 Å². The lowest BCUT2D eigenvalue weighted by molar-refractivity contribution is 0.211. The molecule has 0 spiro atoms. The van der Waals surface area contributed by atoms with Crippen LogP contribution in [-0.2, 0) is 6.54 Å². The zero-order valence-corrected chi connectivity index (χ0v) is 11.6. The van der Waals surface area contributed by atoms with Crippen LogP contribution in [0, 0.1) is 11.8 Å². The van der Waals surface area contributed by atoms with E-state index in [9.17, 15) is 0 Å². The van der Waals surface area contributed by atoms with E-state index in [1.807, 2.05) is 12.1 Å². The average Bonchev–Trinajstić information content (AvgIpc) is 2.14. The van der Waals surface area contributed by atoms with Gasteiger partial charge in [0.1, 0.15) is 0 Å². The molecule has 0 bridgehead atoms.